The van der Waals surface area contributed by atoms with Gasteiger partial charge in [0.2, 0.25) is 5.91 Å². The maximum atomic E-state index is 12.9. The first kappa shape index (κ1) is 14.2. The SMILES string of the molecule is COc1cccc([C@@H]2C[C@@H]2N2C(=O)C(C)(C)c3nccnc32)c1. The predicted molar refractivity (Wildman–Crippen MR) is 86.7 cm³/mol. The number of benzene rings is 1. The molecule has 5 heteroatoms. The van der Waals surface area contributed by atoms with E-state index in [9.17, 15) is 4.79 Å². The minimum atomic E-state index is -0.606. The van der Waals surface area contributed by atoms with Crippen LogP contribution in [0, 0.1) is 0 Å². The molecule has 0 spiro atoms. The minimum Gasteiger partial charge on any atom is -0.497 e. The third-order valence-corrected chi connectivity index (χ3v) is 4.86. The fourth-order valence-corrected chi connectivity index (χ4v) is 3.45. The number of anilines is 1. The van der Waals surface area contributed by atoms with Crippen LogP contribution in [0.1, 0.15) is 37.4 Å². The summed E-state index contributed by atoms with van der Waals surface area (Å²) in [7, 11) is 1.67. The Morgan fingerprint density at radius 2 is 2.04 bits per heavy atom. The standard InChI is InChI=1S/C18H19N3O2/c1-18(2)15-16(20-8-7-19-15)21(17(18)22)14-10-13(14)11-5-4-6-12(9-11)23-3/h4-9,13-14H,10H2,1-3H3/t13-,14-/m0/s1. The number of amides is 1. The molecule has 2 aromatic rings. The third kappa shape index (κ3) is 2.03. The van der Waals surface area contributed by atoms with Crippen molar-refractivity contribution in [2.24, 2.45) is 0 Å². The van der Waals surface area contributed by atoms with Crippen LogP contribution >= 0.6 is 0 Å². The summed E-state index contributed by atoms with van der Waals surface area (Å²) in [6.45, 7) is 3.84. The molecule has 5 nitrogen and oxygen atoms in total. The van der Waals surface area contributed by atoms with Crippen molar-refractivity contribution in [1.82, 2.24) is 9.97 Å². The second-order valence-corrected chi connectivity index (χ2v) is 6.71. The van der Waals surface area contributed by atoms with E-state index >= 15 is 0 Å². The lowest BCUT2D eigenvalue weighted by Gasteiger charge is -2.19. The molecule has 1 fully saturated rings. The molecule has 1 amide bonds. The lowest BCUT2D eigenvalue weighted by Crippen LogP contribution is -2.38. The van der Waals surface area contributed by atoms with Crippen molar-refractivity contribution in [2.75, 3.05) is 12.0 Å². The Balaban J connectivity index is 1.67. The fourth-order valence-electron chi connectivity index (χ4n) is 3.45. The first-order valence-corrected chi connectivity index (χ1v) is 7.83. The van der Waals surface area contributed by atoms with Crippen molar-refractivity contribution < 1.29 is 9.53 Å². The molecule has 4 rings (SSSR count). The molecule has 2 atom stereocenters. The zero-order valence-electron chi connectivity index (χ0n) is 13.5. The minimum absolute atomic E-state index is 0.0918. The number of methoxy groups -OCH3 is 1. The van der Waals surface area contributed by atoms with E-state index < -0.39 is 5.41 Å². The highest BCUT2D eigenvalue weighted by Crippen LogP contribution is 2.51. The normalized spacial score (nSPS) is 24.5. The maximum absolute atomic E-state index is 12.9. The third-order valence-electron chi connectivity index (χ3n) is 4.86. The molecule has 0 N–H and O–H groups in total. The number of hydrogen-bond acceptors (Lipinski definition) is 4. The first-order chi connectivity index (χ1) is 11.0. The van der Waals surface area contributed by atoms with Gasteiger partial charge in [0, 0.05) is 24.4 Å². The van der Waals surface area contributed by atoms with Crippen LogP contribution in [0.2, 0.25) is 0 Å². The van der Waals surface area contributed by atoms with Crippen LogP contribution in [0.15, 0.2) is 36.7 Å². The highest BCUT2D eigenvalue weighted by Gasteiger charge is 2.55. The fraction of sp³-hybridized carbons (Fsp3) is 0.389. The highest BCUT2D eigenvalue weighted by molar-refractivity contribution is 6.06. The molecule has 1 aromatic carbocycles. The van der Waals surface area contributed by atoms with E-state index in [1.807, 2.05) is 36.9 Å². The Bertz CT molecular complexity index is 787. The Kier molecular flexibility index (Phi) is 2.95. The Morgan fingerprint density at radius 1 is 1.26 bits per heavy atom. The summed E-state index contributed by atoms with van der Waals surface area (Å²) in [5, 5.41) is 0. The predicted octanol–water partition coefficient (Wildman–Crippen LogP) is 2.67. The second-order valence-electron chi connectivity index (χ2n) is 6.71. The van der Waals surface area contributed by atoms with E-state index in [2.05, 4.69) is 16.0 Å². The van der Waals surface area contributed by atoms with Crippen molar-refractivity contribution in [3.8, 4) is 5.75 Å². The summed E-state index contributed by atoms with van der Waals surface area (Å²) >= 11 is 0. The summed E-state index contributed by atoms with van der Waals surface area (Å²) in [6.07, 6.45) is 4.26. The number of aromatic nitrogens is 2. The number of fused-ring (bicyclic) bond motifs is 1. The van der Waals surface area contributed by atoms with Gasteiger partial charge < -0.3 is 4.74 Å². The zero-order valence-corrected chi connectivity index (χ0v) is 13.5. The van der Waals surface area contributed by atoms with Crippen molar-refractivity contribution in [2.45, 2.75) is 37.6 Å². The van der Waals surface area contributed by atoms with Gasteiger partial charge in [0.1, 0.15) is 5.75 Å². The van der Waals surface area contributed by atoms with E-state index in [0.717, 1.165) is 23.7 Å². The van der Waals surface area contributed by atoms with Gasteiger partial charge in [0.25, 0.3) is 0 Å². The Hall–Kier alpha value is -2.43. The smallest absolute Gasteiger partial charge is 0.240 e. The molecule has 1 aliphatic carbocycles. The van der Waals surface area contributed by atoms with Crippen LogP contribution in [0.5, 0.6) is 5.75 Å². The summed E-state index contributed by atoms with van der Waals surface area (Å²) in [5.41, 5.74) is 1.38. The van der Waals surface area contributed by atoms with Crippen LogP contribution in [0.4, 0.5) is 5.82 Å². The van der Waals surface area contributed by atoms with E-state index in [0.29, 0.717) is 5.92 Å². The first-order valence-electron chi connectivity index (χ1n) is 7.83. The van der Waals surface area contributed by atoms with Gasteiger partial charge in [-0.3, -0.25) is 14.7 Å². The molecule has 1 saturated carbocycles. The molecule has 2 aliphatic rings. The van der Waals surface area contributed by atoms with Gasteiger partial charge in [-0.15, -0.1) is 0 Å². The van der Waals surface area contributed by atoms with Crippen LogP contribution in [0.3, 0.4) is 0 Å². The van der Waals surface area contributed by atoms with Crippen LogP contribution < -0.4 is 9.64 Å². The molecular weight excluding hydrogens is 290 g/mol. The number of rotatable bonds is 3. The van der Waals surface area contributed by atoms with E-state index in [1.54, 1.807) is 19.5 Å². The van der Waals surface area contributed by atoms with Crippen LogP contribution in [-0.2, 0) is 10.2 Å². The molecule has 0 radical (unpaired) electrons. The number of carbonyl (C=O) groups is 1. The number of nitrogens with zero attached hydrogens (tertiary/aromatic N) is 3. The van der Waals surface area contributed by atoms with Gasteiger partial charge in [-0.25, -0.2) is 4.98 Å². The number of ether oxygens (including phenoxy) is 1. The van der Waals surface area contributed by atoms with Gasteiger partial charge in [0.05, 0.1) is 18.2 Å². The summed E-state index contributed by atoms with van der Waals surface area (Å²) in [4.78, 5) is 23.6. The van der Waals surface area contributed by atoms with E-state index in [-0.39, 0.29) is 11.9 Å². The molecule has 0 unspecified atom stereocenters. The molecule has 0 saturated heterocycles. The molecular formula is C18H19N3O2. The maximum Gasteiger partial charge on any atom is 0.240 e. The van der Waals surface area contributed by atoms with Crippen molar-refractivity contribution in [1.29, 1.82) is 0 Å². The molecule has 1 aromatic heterocycles. The second kappa shape index (κ2) is 4.78. The van der Waals surface area contributed by atoms with Crippen molar-refractivity contribution in [3.05, 3.63) is 47.9 Å². The average molecular weight is 309 g/mol. The largest absolute Gasteiger partial charge is 0.497 e. The zero-order chi connectivity index (χ0) is 16.2. The molecule has 23 heavy (non-hydrogen) atoms. The average Bonchev–Trinajstić information content (AvgIpc) is 3.32. The van der Waals surface area contributed by atoms with Gasteiger partial charge >= 0.3 is 0 Å². The molecule has 1 aliphatic heterocycles. The number of hydrogen-bond donors (Lipinski definition) is 0. The summed E-state index contributed by atoms with van der Waals surface area (Å²) in [6, 6.07) is 8.23. The highest BCUT2D eigenvalue weighted by atomic mass is 16.5. The number of carbonyl (C=O) groups excluding carboxylic acids is 1. The van der Waals surface area contributed by atoms with Gasteiger partial charge in [-0.2, -0.15) is 0 Å². The van der Waals surface area contributed by atoms with Crippen molar-refractivity contribution in [3.63, 3.8) is 0 Å². The van der Waals surface area contributed by atoms with Gasteiger partial charge in [-0.05, 0) is 38.0 Å². The quantitative estimate of drug-likeness (QED) is 0.874. The van der Waals surface area contributed by atoms with E-state index in [4.69, 9.17) is 4.74 Å². The van der Waals surface area contributed by atoms with Gasteiger partial charge in [-0.1, -0.05) is 12.1 Å². The Labute approximate surface area is 135 Å². The van der Waals surface area contributed by atoms with Crippen LogP contribution in [0.25, 0.3) is 0 Å². The van der Waals surface area contributed by atoms with Crippen LogP contribution in [-0.4, -0.2) is 29.0 Å². The topological polar surface area (TPSA) is 55.3 Å². The van der Waals surface area contributed by atoms with E-state index in [1.165, 1.54) is 5.56 Å². The summed E-state index contributed by atoms with van der Waals surface area (Å²) < 4.78 is 5.30. The van der Waals surface area contributed by atoms with Crippen molar-refractivity contribution >= 4 is 11.7 Å². The van der Waals surface area contributed by atoms with Gasteiger partial charge in [0.15, 0.2) is 5.82 Å². The lowest BCUT2D eigenvalue weighted by molar-refractivity contribution is -0.122. The Morgan fingerprint density at radius 3 is 2.83 bits per heavy atom. The summed E-state index contributed by atoms with van der Waals surface area (Å²) in [5.74, 6) is 1.99. The molecule has 0 bridgehead atoms. The molecule has 2 heterocycles. The lowest BCUT2D eigenvalue weighted by atomic mass is 9.91. The molecule has 118 valence electrons. The monoisotopic (exact) mass is 309 g/mol.